The van der Waals surface area contributed by atoms with Crippen LogP contribution in [0.2, 0.25) is 0 Å². The van der Waals surface area contributed by atoms with E-state index in [0.717, 1.165) is 31.6 Å². The van der Waals surface area contributed by atoms with E-state index >= 15 is 0 Å². The van der Waals surface area contributed by atoms with Crippen molar-refractivity contribution in [3.05, 3.63) is 30.1 Å². The highest BCUT2D eigenvalue weighted by atomic mass is 19.4. The SMILES string of the molecule is CN(C(=O)NC1COCC1(F)F)C(c1ccncc1)C(F)(F)F. The van der Waals surface area contributed by atoms with Crippen LogP contribution in [0.5, 0.6) is 0 Å². The van der Waals surface area contributed by atoms with Gasteiger partial charge < -0.3 is 15.0 Å². The first-order chi connectivity index (χ1) is 10.6. The number of halogens is 5. The second kappa shape index (κ2) is 6.26. The summed E-state index contributed by atoms with van der Waals surface area (Å²) in [4.78, 5) is 15.9. The van der Waals surface area contributed by atoms with Crippen LogP contribution in [-0.2, 0) is 4.74 Å². The Morgan fingerprint density at radius 3 is 2.52 bits per heavy atom. The minimum Gasteiger partial charge on any atom is -0.373 e. The van der Waals surface area contributed by atoms with Gasteiger partial charge >= 0.3 is 12.2 Å². The second-order valence-electron chi connectivity index (χ2n) is 5.11. The lowest BCUT2D eigenvalue weighted by atomic mass is 10.1. The van der Waals surface area contributed by atoms with Crippen molar-refractivity contribution in [2.75, 3.05) is 20.3 Å². The van der Waals surface area contributed by atoms with Crippen LogP contribution in [0.4, 0.5) is 26.7 Å². The number of alkyl halides is 5. The van der Waals surface area contributed by atoms with Crippen molar-refractivity contribution >= 4 is 6.03 Å². The van der Waals surface area contributed by atoms with Gasteiger partial charge in [0.1, 0.15) is 12.6 Å². The van der Waals surface area contributed by atoms with Crippen LogP contribution < -0.4 is 5.32 Å². The minimum atomic E-state index is -4.78. The average Bonchev–Trinajstić information content (AvgIpc) is 2.77. The molecule has 1 aliphatic rings. The molecule has 23 heavy (non-hydrogen) atoms. The lowest BCUT2D eigenvalue weighted by molar-refractivity contribution is -0.175. The Morgan fingerprint density at radius 1 is 1.43 bits per heavy atom. The smallest absolute Gasteiger partial charge is 0.373 e. The van der Waals surface area contributed by atoms with E-state index in [1.54, 1.807) is 0 Å². The maximum Gasteiger partial charge on any atom is 0.413 e. The monoisotopic (exact) mass is 339 g/mol. The summed E-state index contributed by atoms with van der Waals surface area (Å²) in [6, 6.07) is -2.99. The molecule has 2 unspecified atom stereocenters. The third kappa shape index (κ3) is 3.87. The lowest BCUT2D eigenvalue weighted by Crippen LogP contribution is -2.53. The standard InChI is InChI=1S/C13H14F5N3O2/c1-21(11(22)20-9-6-23-7-12(9,14)15)10(13(16,17)18)8-2-4-19-5-3-8/h2-5,9-10H,6-7H2,1H3,(H,20,22). The van der Waals surface area contributed by atoms with Gasteiger partial charge in [0, 0.05) is 19.4 Å². The molecule has 1 aromatic heterocycles. The number of hydrogen-bond donors (Lipinski definition) is 1. The predicted molar refractivity (Wildman–Crippen MR) is 68.9 cm³/mol. The zero-order chi connectivity index (χ0) is 17.3. The van der Waals surface area contributed by atoms with Crippen molar-refractivity contribution < 1.29 is 31.5 Å². The highest BCUT2D eigenvalue weighted by molar-refractivity contribution is 5.75. The first kappa shape index (κ1) is 17.4. The largest absolute Gasteiger partial charge is 0.413 e. The number of hydrogen-bond acceptors (Lipinski definition) is 3. The third-order valence-electron chi connectivity index (χ3n) is 3.43. The molecule has 0 aromatic carbocycles. The zero-order valence-electron chi connectivity index (χ0n) is 12.0. The molecule has 1 N–H and O–H groups in total. The van der Waals surface area contributed by atoms with Crippen LogP contribution in [0.25, 0.3) is 0 Å². The molecule has 2 heterocycles. The molecule has 10 heteroatoms. The summed E-state index contributed by atoms with van der Waals surface area (Å²) in [5.41, 5.74) is -0.223. The first-order valence-electron chi connectivity index (χ1n) is 6.58. The fourth-order valence-electron chi connectivity index (χ4n) is 2.23. The molecule has 1 fully saturated rings. The molecule has 0 radical (unpaired) electrons. The van der Waals surface area contributed by atoms with Gasteiger partial charge in [0.05, 0.1) is 6.61 Å². The van der Waals surface area contributed by atoms with Crippen LogP contribution in [-0.4, -0.2) is 54.3 Å². The Kier molecular flexibility index (Phi) is 4.73. The van der Waals surface area contributed by atoms with Gasteiger partial charge in [-0.15, -0.1) is 0 Å². The molecule has 128 valence electrons. The van der Waals surface area contributed by atoms with Gasteiger partial charge in [-0.1, -0.05) is 0 Å². The average molecular weight is 339 g/mol. The van der Waals surface area contributed by atoms with Gasteiger partial charge in [-0.2, -0.15) is 13.2 Å². The van der Waals surface area contributed by atoms with Gasteiger partial charge in [-0.25, -0.2) is 13.6 Å². The summed E-state index contributed by atoms with van der Waals surface area (Å²) in [5, 5.41) is 1.89. The van der Waals surface area contributed by atoms with Crippen molar-refractivity contribution in [1.29, 1.82) is 0 Å². The molecule has 2 atom stereocenters. The van der Waals surface area contributed by atoms with Crippen LogP contribution in [0.1, 0.15) is 11.6 Å². The van der Waals surface area contributed by atoms with E-state index in [2.05, 4.69) is 9.72 Å². The Balaban J connectivity index is 2.17. The van der Waals surface area contributed by atoms with E-state index in [4.69, 9.17) is 0 Å². The molecule has 0 aliphatic carbocycles. The molecule has 0 bridgehead atoms. The predicted octanol–water partition coefficient (Wildman–Crippen LogP) is 2.36. The number of ether oxygens (including phenoxy) is 1. The number of pyridine rings is 1. The van der Waals surface area contributed by atoms with Gasteiger partial charge in [0.2, 0.25) is 0 Å². The molecule has 2 amide bonds. The molecular weight excluding hydrogens is 325 g/mol. The number of carbonyl (C=O) groups is 1. The van der Waals surface area contributed by atoms with Crippen LogP contribution in [0, 0.1) is 0 Å². The van der Waals surface area contributed by atoms with E-state index < -0.39 is 43.4 Å². The molecule has 1 aliphatic heterocycles. The van der Waals surface area contributed by atoms with Gasteiger partial charge in [0.25, 0.3) is 5.92 Å². The normalized spacial score (nSPS) is 21.7. The Bertz CT molecular complexity index is 552. The van der Waals surface area contributed by atoms with Crippen molar-refractivity contribution in [2.45, 2.75) is 24.2 Å². The molecule has 1 saturated heterocycles. The van der Waals surface area contributed by atoms with Crippen molar-refractivity contribution in [3.63, 3.8) is 0 Å². The quantitative estimate of drug-likeness (QED) is 0.860. The number of rotatable bonds is 3. The number of nitrogens with zero attached hydrogens (tertiary/aromatic N) is 2. The Hall–Kier alpha value is -1.97. The fourth-order valence-corrected chi connectivity index (χ4v) is 2.23. The maximum atomic E-state index is 13.4. The van der Waals surface area contributed by atoms with Crippen LogP contribution >= 0.6 is 0 Å². The molecular formula is C13H14F5N3O2. The molecule has 2 rings (SSSR count). The summed E-state index contributed by atoms with van der Waals surface area (Å²) in [6.45, 7) is -1.34. The molecule has 1 aromatic rings. The van der Waals surface area contributed by atoms with E-state index in [-0.39, 0.29) is 5.56 Å². The van der Waals surface area contributed by atoms with Gasteiger partial charge in [-0.05, 0) is 17.7 Å². The summed E-state index contributed by atoms with van der Waals surface area (Å²) in [7, 11) is 0.891. The molecule has 0 spiro atoms. The topological polar surface area (TPSA) is 54.5 Å². The number of carbonyl (C=O) groups excluding carboxylic acids is 1. The second-order valence-corrected chi connectivity index (χ2v) is 5.11. The minimum absolute atomic E-state index is 0.223. The highest BCUT2D eigenvalue weighted by Gasteiger charge is 2.49. The zero-order valence-corrected chi connectivity index (χ0v) is 12.0. The highest BCUT2D eigenvalue weighted by Crippen LogP contribution is 2.37. The number of aromatic nitrogens is 1. The van der Waals surface area contributed by atoms with Crippen molar-refractivity contribution in [1.82, 2.24) is 15.2 Å². The Morgan fingerprint density at radius 2 is 2.04 bits per heavy atom. The molecule has 0 saturated carbocycles. The summed E-state index contributed by atoms with van der Waals surface area (Å²) in [5.74, 6) is -3.32. The number of urea groups is 1. The van der Waals surface area contributed by atoms with Crippen molar-refractivity contribution in [2.24, 2.45) is 0 Å². The third-order valence-corrected chi connectivity index (χ3v) is 3.43. The Labute approximate surface area is 128 Å². The van der Waals surface area contributed by atoms with Gasteiger partial charge in [0.15, 0.2) is 6.04 Å². The number of amides is 2. The van der Waals surface area contributed by atoms with Crippen molar-refractivity contribution in [3.8, 4) is 0 Å². The fraction of sp³-hybridized carbons (Fsp3) is 0.538. The lowest BCUT2D eigenvalue weighted by Gasteiger charge is -2.31. The number of nitrogens with one attached hydrogen (secondary N) is 1. The van der Waals surface area contributed by atoms with Gasteiger partial charge in [-0.3, -0.25) is 4.98 Å². The van der Waals surface area contributed by atoms with E-state index in [1.807, 2.05) is 5.32 Å². The summed E-state index contributed by atoms with van der Waals surface area (Å²) in [6.07, 6.45) is -2.47. The van der Waals surface area contributed by atoms with Crippen LogP contribution in [0.15, 0.2) is 24.5 Å². The maximum absolute atomic E-state index is 13.4. The van der Waals surface area contributed by atoms with E-state index in [1.165, 1.54) is 0 Å². The summed E-state index contributed by atoms with van der Waals surface area (Å²) < 4.78 is 71.2. The first-order valence-corrected chi connectivity index (χ1v) is 6.58. The molecule has 5 nitrogen and oxygen atoms in total. The summed E-state index contributed by atoms with van der Waals surface area (Å²) >= 11 is 0. The van der Waals surface area contributed by atoms with E-state index in [9.17, 15) is 26.7 Å². The van der Waals surface area contributed by atoms with Crippen LogP contribution in [0.3, 0.4) is 0 Å². The van der Waals surface area contributed by atoms with E-state index in [0.29, 0.717) is 4.90 Å².